The van der Waals surface area contributed by atoms with Gasteiger partial charge in [-0.15, -0.1) is 0 Å². The zero-order valence-corrected chi connectivity index (χ0v) is 13.8. The minimum Gasteiger partial charge on any atom is -0.309 e. The van der Waals surface area contributed by atoms with E-state index in [1.807, 2.05) is 0 Å². The van der Waals surface area contributed by atoms with E-state index in [9.17, 15) is 0 Å². The lowest BCUT2D eigenvalue weighted by molar-refractivity contribution is 0.443. The molecule has 0 aliphatic rings. The molecular weight excluding hydrogens is 250 g/mol. The van der Waals surface area contributed by atoms with Crippen molar-refractivity contribution >= 4 is 11.8 Å². The summed E-state index contributed by atoms with van der Waals surface area (Å²) in [5.74, 6) is 0.668. The standard InChI is InChI=1S/C17H29NS/c1-6-12-18-16(15-10-8-7-9-11-15)17(13(2)3)19-14(4)5/h7-11,13-14,16-18H,6,12H2,1-5H3. The number of thioether (sulfide) groups is 1. The zero-order chi connectivity index (χ0) is 14.3. The molecule has 2 atom stereocenters. The maximum Gasteiger partial charge on any atom is 0.0443 e. The highest BCUT2D eigenvalue weighted by atomic mass is 32.2. The maximum atomic E-state index is 3.75. The Morgan fingerprint density at radius 3 is 2.16 bits per heavy atom. The lowest BCUT2D eigenvalue weighted by atomic mass is 9.96. The molecule has 1 N–H and O–H groups in total. The van der Waals surface area contributed by atoms with Gasteiger partial charge in [0.2, 0.25) is 0 Å². The van der Waals surface area contributed by atoms with Crippen molar-refractivity contribution < 1.29 is 0 Å². The Labute approximate surface area is 123 Å². The van der Waals surface area contributed by atoms with Crippen molar-refractivity contribution in [2.45, 2.75) is 57.6 Å². The van der Waals surface area contributed by atoms with Crippen LogP contribution in [0.25, 0.3) is 0 Å². The third-order valence-corrected chi connectivity index (χ3v) is 4.86. The number of hydrogen-bond donors (Lipinski definition) is 1. The Morgan fingerprint density at radius 1 is 1.05 bits per heavy atom. The molecule has 19 heavy (non-hydrogen) atoms. The van der Waals surface area contributed by atoms with Crippen LogP contribution in [0.4, 0.5) is 0 Å². The van der Waals surface area contributed by atoms with Gasteiger partial charge in [0.15, 0.2) is 0 Å². The predicted molar refractivity (Wildman–Crippen MR) is 88.8 cm³/mol. The molecule has 0 aliphatic carbocycles. The summed E-state index contributed by atoms with van der Waals surface area (Å²) >= 11 is 2.10. The zero-order valence-electron chi connectivity index (χ0n) is 13.0. The summed E-state index contributed by atoms with van der Waals surface area (Å²) in [6.07, 6.45) is 1.18. The van der Waals surface area contributed by atoms with Gasteiger partial charge in [0.05, 0.1) is 0 Å². The Kier molecular flexibility index (Phi) is 7.55. The molecular formula is C17H29NS. The van der Waals surface area contributed by atoms with E-state index in [-0.39, 0.29) is 0 Å². The van der Waals surface area contributed by atoms with Gasteiger partial charge in [-0.2, -0.15) is 11.8 Å². The van der Waals surface area contributed by atoms with Gasteiger partial charge in [0.1, 0.15) is 0 Å². The van der Waals surface area contributed by atoms with Crippen LogP contribution in [0.15, 0.2) is 30.3 Å². The van der Waals surface area contributed by atoms with Crippen molar-refractivity contribution in [3.05, 3.63) is 35.9 Å². The van der Waals surface area contributed by atoms with Gasteiger partial charge in [-0.25, -0.2) is 0 Å². The fourth-order valence-corrected chi connectivity index (χ4v) is 3.67. The Hall–Kier alpha value is -0.470. The van der Waals surface area contributed by atoms with Crippen LogP contribution in [0, 0.1) is 5.92 Å². The summed E-state index contributed by atoms with van der Waals surface area (Å²) < 4.78 is 0. The summed E-state index contributed by atoms with van der Waals surface area (Å²) in [6.45, 7) is 12.6. The van der Waals surface area contributed by atoms with Gasteiger partial charge in [-0.05, 0) is 29.7 Å². The van der Waals surface area contributed by atoms with Gasteiger partial charge in [-0.3, -0.25) is 0 Å². The van der Waals surface area contributed by atoms with Crippen LogP contribution in [0.3, 0.4) is 0 Å². The molecule has 1 nitrogen and oxygen atoms in total. The second kappa shape index (κ2) is 8.65. The van der Waals surface area contributed by atoms with Crippen LogP contribution in [0.2, 0.25) is 0 Å². The molecule has 0 amide bonds. The average molecular weight is 279 g/mol. The maximum absolute atomic E-state index is 3.75. The van der Waals surface area contributed by atoms with Gasteiger partial charge in [-0.1, -0.05) is 65.0 Å². The summed E-state index contributed by atoms with van der Waals surface area (Å²) in [5, 5.41) is 5.04. The van der Waals surface area contributed by atoms with Crippen molar-refractivity contribution in [3.63, 3.8) is 0 Å². The van der Waals surface area contributed by atoms with Gasteiger partial charge < -0.3 is 5.32 Å². The first-order valence-corrected chi connectivity index (χ1v) is 8.44. The number of benzene rings is 1. The van der Waals surface area contributed by atoms with E-state index in [0.29, 0.717) is 22.5 Å². The Bertz CT molecular complexity index is 334. The molecule has 0 aliphatic heterocycles. The van der Waals surface area contributed by atoms with Gasteiger partial charge in [0.25, 0.3) is 0 Å². The average Bonchev–Trinajstić information content (AvgIpc) is 2.38. The smallest absolute Gasteiger partial charge is 0.0443 e. The monoisotopic (exact) mass is 279 g/mol. The molecule has 0 saturated heterocycles. The quantitative estimate of drug-likeness (QED) is 0.727. The normalized spacial score (nSPS) is 14.9. The van der Waals surface area contributed by atoms with Crippen LogP contribution in [0.5, 0.6) is 0 Å². The minimum absolute atomic E-state index is 0.452. The van der Waals surface area contributed by atoms with E-state index in [1.54, 1.807) is 0 Å². The highest BCUT2D eigenvalue weighted by Gasteiger charge is 2.26. The molecule has 1 rings (SSSR count). The Morgan fingerprint density at radius 2 is 1.68 bits per heavy atom. The van der Waals surface area contributed by atoms with Crippen molar-refractivity contribution in [1.82, 2.24) is 5.32 Å². The second-order valence-electron chi connectivity index (χ2n) is 5.74. The van der Waals surface area contributed by atoms with E-state index < -0.39 is 0 Å². The van der Waals surface area contributed by atoms with E-state index in [1.165, 1.54) is 12.0 Å². The molecule has 108 valence electrons. The van der Waals surface area contributed by atoms with Gasteiger partial charge >= 0.3 is 0 Å². The molecule has 2 unspecified atom stereocenters. The Balaban J connectivity index is 2.92. The molecule has 1 aromatic rings. The van der Waals surface area contributed by atoms with E-state index in [0.717, 1.165) is 6.54 Å². The van der Waals surface area contributed by atoms with Crippen LogP contribution in [-0.4, -0.2) is 17.0 Å². The highest BCUT2D eigenvalue weighted by molar-refractivity contribution is 8.00. The van der Waals surface area contributed by atoms with Crippen LogP contribution >= 0.6 is 11.8 Å². The molecule has 1 aromatic carbocycles. The van der Waals surface area contributed by atoms with E-state index >= 15 is 0 Å². The third kappa shape index (κ3) is 5.58. The molecule has 2 heteroatoms. The molecule has 0 saturated carbocycles. The van der Waals surface area contributed by atoms with Crippen LogP contribution < -0.4 is 5.32 Å². The summed E-state index contributed by atoms with van der Waals surface area (Å²) in [4.78, 5) is 0. The fourth-order valence-electron chi connectivity index (χ4n) is 2.32. The molecule has 0 heterocycles. The van der Waals surface area contributed by atoms with Crippen LogP contribution in [-0.2, 0) is 0 Å². The molecule has 0 bridgehead atoms. The molecule has 0 fully saturated rings. The van der Waals surface area contributed by atoms with Crippen LogP contribution in [0.1, 0.15) is 52.6 Å². The number of nitrogens with one attached hydrogen (secondary N) is 1. The van der Waals surface area contributed by atoms with Gasteiger partial charge in [0, 0.05) is 11.3 Å². The SMILES string of the molecule is CCCNC(c1ccccc1)C(SC(C)C)C(C)C. The number of hydrogen-bond acceptors (Lipinski definition) is 2. The first-order valence-electron chi connectivity index (χ1n) is 7.50. The largest absolute Gasteiger partial charge is 0.309 e. The first kappa shape index (κ1) is 16.6. The van der Waals surface area contributed by atoms with Crippen molar-refractivity contribution in [1.29, 1.82) is 0 Å². The lowest BCUT2D eigenvalue weighted by Gasteiger charge is -2.32. The van der Waals surface area contributed by atoms with Crippen molar-refractivity contribution in [2.75, 3.05) is 6.54 Å². The van der Waals surface area contributed by atoms with Crippen molar-refractivity contribution in [2.24, 2.45) is 5.92 Å². The summed E-state index contributed by atoms with van der Waals surface area (Å²) in [7, 11) is 0. The summed E-state index contributed by atoms with van der Waals surface area (Å²) in [5.41, 5.74) is 1.42. The topological polar surface area (TPSA) is 12.0 Å². The number of rotatable bonds is 8. The fraction of sp³-hybridized carbons (Fsp3) is 0.647. The van der Waals surface area contributed by atoms with E-state index in [2.05, 4.69) is 82.0 Å². The van der Waals surface area contributed by atoms with Crippen molar-refractivity contribution in [3.8, 4) is 0 Å². The first-order chi connectivity index (χ1) is 9.06. The lowest BCUT2D eigenvalue weighted by Crippen LogP contribution is -2.34. The minimum atomic E-state index is 0.452. The molecule has 0 spiro atoms. The van der Waals surface area contributed by atoms with E-state index in [4.69, 9.17) is 0 Å². The summed E-state index contributed by atoms with van der Waals surface area (Å²) in [6, 6.07) is 11.3. The second-order valence-corrected chi connectivity index (χ2v) is 7.50. The predicted octanol–water partition coefficient (Wildman–Crippen LogP) is 4.89. The molecule has 0 aromatic heterocycles. The molecule has 0 radical (unpaired) electrons. The third-order valence-electron chi connectivity index (χ3n) is 3.19. The highest BCUT2D eigenvalue weighted by Crippen LogP contribution is 2.34.